The van der Waals surface area contributed by atoms with Gasteiger partial charge in [0.15, 0.2) is 23.1 Å². The van der Waals surface area contributed by atoms with Crippen LogP contribution >= 0.6 is 0 Å². The first-order valence-corrected chi connectivity index (χ1v) is 5.28. The summed E-state index contributed by atoms with van der Waals surface area (Å²) < 4.78 is 29.3. The Morgan fingerprint density at radius 3 is 2.12 bits per heavy atom. The molecular formula is C12H15FO4. The second-order valence-electron chi connectivity index (χ2n) is 4.03. The van der Waals surface area contributed by atoms with Crippen LogP contribution in [0.15, 0.2) is 6.07 Å². The van der Waals surface area contributed by atoms with Crippen LogP contribution in [0, 0.1) is 5.82 Å². The molecule has 0 unspecified atom stereocenters. The van der Waals surface area contributed by atoms with Crippen molar-refractivity contribution in [1.29, 1.82) is 0 Å². The van der Waals surface area contributed by atoms with Crippen LogP contribution in [0.2, 0.25) is 0 Å². The molecule has 0 heterocycles. The summed E-state index contributed by atoms with van der Waals surface area (Å²) >= 11 is 0. The molecular weight excluding hydrogens is 227 g/mol. The molecule has 94 valence electrons. The summed E-state index contributed by atoms with van der Waals surface area (Å²) in [5.74, 6) is 0.0231. The maximum Gasteiger partial charge on any atom is 0.175 e. The predicted molar refractivity (Wildman–Crippen MR) is 59.2 cm³/mol. The molecule has 17 heavy (non-hydrogen) atoms. The second kappa shape index (κ2) is 4.07. The minimum Gasteiger partial charge on any atom is -0.494 e. The lowest BCUT2D eigenvalue weighted by Gasteiger charge is -2.19. The zero-order valence-electron chi connectivity index (χ0n) is 10.0. The summed E-state index contributed by atoms with van der Waals surface area (Å²) in [6.07, 6.45) is 1.02. The lowest BCUT2D eigenvalue weighted by molar-refractivity contribution is 0.140. The molecule has 1 N–H and O–H groups in total. The molecule has 2 rings (SSSR count). The third-order valence-corrected chi connectivity index (χ3v) is 2.98. The van der Waals surface area contributed by atoms with Crippen molar-refractivity contribution in [2.75, 3.05) is 21.3 Å². The normalized spacial score (nSPS) is 16.5. The second-order valence-corrected chi connectivity index (χ2v) is 4.03. The molecule has 0 aromatic heterocycles. The average molecular weight is 242 g/mol. The number of benzene rings is 1. The molecule has 0 bridgehead atoms. The van der Waals surface area contributed by atoms with Gasteiger partial charge < -0.3 is 19.3 Å². The first-order valence-electron chi connectivity index (χ1n) is 5.28. The summed E-state index contributed by atoms with van der Waals surface area (Å²) in [6.45, 7) is 0. The van der Waals surface area contributed by atoms with Crippen LogP contribution in [-0.4, -0.2) is 26.4 Å². The summed E-state index contributed by atoms with van der Waals surface area (Å²) in [5, 5.41) is 10.1. The molecule has 0 spiro atoms. The maximum absolute atomic E-state index is 14.2. The summed E-state index contributed by atoms with van der Waals surface area (Å²) in [5.41, 5.74) is -1.03. The lowest BCUT2D eigenvalue weighted by Crippen LogP contribution is -2.12. The molecule has 0 saturated heterocycles. The molecule has 0 amide bonds. The Kier molecular flexibility index (Phi) is 2.87. The van der Waals surface area contributed by atoms with Crippen LogP contribution in [-0.2, 0) is 5.60 Å². The van der Waals surface area contributed by atoms with Crippen LogP contribution in [0.25, 0.3) is 0 Å². The van der Waals surface area contributed by atoms with Crippen LogP contribution in [0.4, 0.5) is 4.39 Å². The zero-order chi connectivity index (χ0) is 12.6. The first-order chi connectivity index (χ1) is 8.07. The zero-order valence-corrected chi connectivity index (χ0v) is 10.0. The van der Waals surface area contributed by atoms with Gasteiger partial charge in [-0.1, -0.05) is 0 Å². The number of ether oxygens (including phenoxy) is 3. The fraction of sp³-hybridized carbons (Fsp3) is 0.500. The van der Waals surface area contributed by atoms with E-state index in [9.17, 15) is 9.50 Å². The summed E-state index contributed by atoms with van der Waals surface area (Å²) in [4.78, 5) is 0. The Hall–Kier alpha value is -1.49. The van der Waals surface area contributed by atoms with Gasteiger partial charge in [-0.2, -0.15) is 0 Å². The molecule has 1 aromatic carbocycles. The molecule has 1 saturated carbocycles. The van der Waals surface area contributed by atoms with Gasteiger partial charge in [0.05, 0.1) is 32.5 Å². The van der Waals surface area contributed by atoms with Crippen molar-refractivity contribution in [2.45, 2.75) is 18.4 Å². The highest BCUT2D eigenvalue weighted by Gasteiger charge is 2.48. The highest BCUT2D eigenvalue weighted by Crippen LogP contribution is 2.53. The van der Waals surface area contributed by atoms with Crippen LogP contribution in [0.3, 0.4) is 0 Å². The molecule has 0 radical (unpaired) electrons. The topological polar surface area (TPSA) is 47.9 Å². The predicted octanol–water partition coefficient (Wildman–Crippen LogP) is 1.83. The standard InChI is InChI=1S/C12H15FO4/c1-15-7-6-8(16-2)11(17-3)9(10(7)13)12(14)4-5-12/h6,14H,4-5H2,1-3H3. The van der Waals surface area contributed by atoms with Gasteiger partial charge in [-0.15, -0.1) is 0 Å². The van der Waals surface area contributed by atoms with Gasteiger partial charge in [0, 0.05) is 6.07 Å². The van der Waals surface area contributed by atoms with Crippen molar-refractivity contribution >= 4 is 0 Å². The van der Waals surface area contributed by atoms with E-state index in [0.29, 0.717) is 18.6 Å². The van der Waals surface area contributed by atoms with E-state index in [2.05, 4.69) is 0 Å². The minimum absolute atomic E-state index is 0.0398. The van der Waals surface area contributed by atoms with Crippen molar-refractivity contribution < 1.29 is 23.7 Å². The summed E-state index contributed by atoms with van der Waals surface area (Å²) in [7, 11) is 4.24. The Morgan fingerprint density at radius 1 is 1.12 bits per heavy atom. The first kappa shape index (κ1) is 12.0. The van der Waals surface area contributed by atoms with E-state index in [1.165, 1.54) is 27.4 Å². The maximum atomic E-state index is 14.2. The molecule has 1 aliphatic carbocycles. The van der Waals surface area contributed by atoms with E-state index >= 15 is 0 Å². The molecule has 1 aromatic rings. The summed E-state index contributed by atoms with van der Waals surface area (Å²) in [6, 6.07) is 1.41. The van der Waals surface area contributed by atoms with Gasteiger partial charge in [-0.3, -0.25) is 0 Å². The fourth-order valence-corrected chi connectivity index (χ4v) is 1.88. The van der Waals surface area contributed by atoms with Gasteiger partial charge >= 0.3 is 0 Å². The van der Waals surface area contributed by atoms with E-state index in [-0.39, 0.29) is 17.1 Å². The number of halogens is 1. The van der Waals surface area contributed by atoms with Gasteiger partial charge in [-0.05, 0) is 12.8 Å². The lowest BCUT2D eigenvalue weighted by atomic mass is 10.0. The van der Waals surface area contributed by atoms with Gasteiger partial charge in [0.25, 0.3) is 0 Å². The quantitative estimate of drug-likeness (QED) is 0.875. The van der Waals surface area contributed by atoms with E-state index < -0.39 is 11.4 Å². The molecule has 0 aliphatic heterocycles. The Labute approximate surface area is 98.9 Å². The molecule has 1 aliphatic rings. The van der Waals surface area contributed by atoms with E-state index in [4.69, 9.17) is 14.2 Å². The highest BCUT2D eigenvalue weighted by molar-refractivity contribution is 5.56. The highest BCUT2D eigenvalue weighted by atomic mass is 19.1. The molecule has 1 fully saturated rings. The third-order valence-electron chi connectivity index (χ3n) is 2.98. The molecule has 4 nitrogen and oxygen atoms in total. The van der Waals surface area contributed by atoms with E-state index in [1.54, 1.807) is 0 Å². The number of hydrogen-bond donors (Lipinski definition) is 1. The van der Waals surface area contributed by atoms with Crippen molar-refractivity contribution in [2.24, 2.45) is 0 Å². The van der Waals surface area contributed by atoms with Gasteiger partial charge in [0.2, 0.25) is 0 Å². The Morgan fingerprint density at radius 2 is 1.71 bits per heavy atom. The third kappa shape index (κ3) is 1.80. The Balaban J connectivity index is 2.67. The van der Waals surface area contributed by atoms with Crippen molar-refractivity contribution in [3.8, 4) is 17.2 Å². The Bertz CT molecular complexity index is 441. The SMILES string of the molecule is COc1cc(OC)c(OC)c(C2(O)CC2)c1F. The van der Waals surface area contributed by atoms with Crippen LogP contribution < -0.4 is 14.2 Å². The monoisotopic (exact) mass is 242 g/mol. The van der Waals surface area contributed by atoms with Crippen molar-refractivity contribution in [1.82, 2.24) is 0 Å². The number of rotatable bonds is 4. The smallest absolute Gasteiger partial charge is 0.175 e. The minimum atomic E-state index is -1.16. The van der Waals surface area contributed by atoms with Crippen molar-refractivity contribution in [3.05, 3.63) is 17.4 Å². The molecule has 5 heteroatoms. The van der Waals surface area contributed by atoms with Gasteiger partial charge in [-0.25, -0.2) is 4.39 Å². The van der Waals surface area contributed by atoms with Crippen LogP contribution in [0.5, 0.6) is 17.2 Å². The van der Waals surface area contributed by atoms with Crippen LogP contribution in [0.1, 0.15) is 18.4 Å². The molecule has 0 atom stereocenters. The van der Waals surface area contributed by atoms with Crippen molar-refractivity contribution in [3.63, 3.8) is 0 Å². The average Bonchev–Trinajstić information content (AvgIpc) is 3.07. The number of hydrogen-bond acceptors (Lipinski definition) is 4. The fourth-order valence-electron chi connectivity index (χ4n) is 1.88. The van der Waals surface area contributed by atoms with E-state index in [0.717, 1.165) is 0 Å². The van der Waals surface area contributed by atoms with Gasteiger partial charge in [0.1, 0.15) is 0 Å². The number of methoxy groups -OCH3 is 3. The van der Waals surface area contributed by atoms with E-state index in [1.807, 2.05) is 0 Å². The number of aliphatic hydroxyl groups is 1. The largest absolute Gasteiger partial charge is 0.494 e.